The number of anilines is 1. The van der Waals surface area contributed by atoms with E-state index in [-0.39, 0.29) is 0 Å². The first kappa shape index (κ1) is 8.71. The van der Waals surface area contributed by atoms with E-state index in [1.165, 1.54) is 5.56 Å². The first-order chi connectivity index (χ1) is 5.74. The molecule has 3 nitrogen and oxygen atoms in total. The molecule has 1 rings (SSSR count). The summed E-state index contributed by atoms with van der Waals surface area (Å²) in [4.78, 5) is 14.1. The van der Waals surface area contributed by atoms with Gasteiger partial charge in [-0.1, -0.05) is 13.8 Å². The van der Waals surface area contributed by atoms with Crippen LogP contribution in [0.4, 0.5) is 5.82 Å². The molecule has 1 N–H and O–H groups in total. The summed E-state index contributed by atoms with van der Waals surface area (Å²) >= 11 is 0. The summed E-state index contributed by atoms with van der Waals surface area (Å²) in [5, 5.41) is 2.51. The van der Waals surface area contributed by atoms with Crippen LogP contribution in [0.3, 0.4) is 0 Å². The average Bonchev–Trinajstić information content (AvgIpc) is 2.05. The van der Waals surface area contributed by atoms with Gasteiger partial charge in [0, 0.05) is 6.20 Å². The number of amides is 1. The summed E-state index contributed by atoms with van der Waals surface area (Å²) in [5.41, 5.74) is 1.18. The molecule has 1 heterocycles. The molecule has 0 saturated carbocycles. The Morgan fingerprint density at radius 2 is 2.33 bits per heavy atom. The van der Waals surface area contributed by atoms with Gasteiger partial charge in [0.05, 0.1) is 0 Å². The third-order valence-electron chi connectivity index (χ3n) is 1.66. The molecular weight excluding hydrogens is 152 g/mol. The lowest BCUT2D eigenvalue weighted by Gasteiger charge is -2.05. The number of aromatic nitrogens is 1. The fourth-order valence-corrected chi connectivity index (χ4v) is 0.945. The number of nitrogens with one attached hydrogen (secondary N) is 1. The summed E-state index contributed by atoms with van der Waals surface area (Å²) in [5.74, 6) is 1.07. The third-order valence-corrected chi connectivity index (χ3v) is 1.66. The van der Waals surface area contributed by atoms with Crippen molar-refractivity contribution in [2.24, 2.45) is 0 Å². The van der Waals surface area contributed by atoms with Crippen molar-refractivity contribution >= 4 is 12.2 Å². The predicted octanol–water partition coefficient (Wildman–Crippen LogP) is 1.77. The Kier molecular flexibility index (Phi) is 2.80. The molecule has 0 saturated heterocycles. The van der Waals surface area contributed by atoms with Gasteiger partial charge in [0.25, 0.3) is 0 Å². The molecule has 0 aromatic carbocycles. The van der Waals surface area contributed by atoms with Crippen molar-refractivity contribution in [3.8, 4) is 0 Å². The fraction of sp³-hybridized carbons (Fsp3) is 0.333. The zero-order valence-corrected chi connectivity index (χ0v) is 7.24. The Bertz CT molecular complexity index is 271. The highest BCUT2D eigenvalue weighted by Gasteiger charge is 1.99. The molecule has 0 spiro atoms. The number of nitrogens with zero attached hydrogens (tertiary/aromatic N) is 1. The molecule has 0 atom stereocenters. The maximum atomic E-state index is 10.1. The predicted molar refractivity (Wildman–Crippen MR) is 48.0 cm³/mol. The van der Waals surface area contributed by atoms with E-state index in [4.69, 9.17) is 0 Å². The van der Waals surface area contributed by atoms with Crippen LogP contribution in [0.1, 0.15) is 25.3 Å². The van der Waals surface area contributed by atoms with Crippen molar-refractivity contribution in [3.63, 3.8) is 0 Å². The second-order valence-electron chi connectivity index (χ2n) is 2.89. The van der Waals surface area contributed by atoms with E-state index < -0.39 is 0 Å². The van der Waals surface area contributed by atoms with Crippen LogP contribution in [-0.4, -0.2) is 11.4 Å². The number of carbonyl (C=O) groups is 1. The van der Waals surface area contributed by atoms with Gasteiger partial charge in [-0.3, -0.25) is 4.79 Å². The Balaban J connectivity index is 2.87. The van der Waals surface area contributed by atoms with Gasteiger partial charge in [-0.2, -0.15) is 0 Å². The highest BCUT2D eigenvalue weighted by molar-refractivity contribution is 5.68. The SMILES string of the molecule is CC(C)c1ccnc(NC=O)c1. The van der Waals surface area contributed by atoms with Crippen molar-refractivity contribution in [2.45, 2.75) is 19.8 Å². The largest absolute Gasteiger partial charge is 0.313 e. The first-order valence-electron chi connectivity index (χ1n) is 3.90. The van der Waals surface area contributed by atoms with Crippen LogP contribution in [0.25, 0.3) is 0 Å². The van der Waals surface area contributed by atoms with Gasteiger partial charge >= 0.3 is 0 Å². The Morgan fingerprint density at radius 3 is 2.92 bits per heavy atom. The molecule has 1 amide bonds. The van der Waals surface area contributed by atoms with Gasteiger partial charge in [-0.05, 0) is 23.6 Å². The van der Waals surface area contributed by atoms with E-state index in [2.05, 4.69) is 24.1 Å². The maximum Gasteiger partial charge on any atom is 0.212 e. The average molecular weight is 164 g/mol. The molecule has 64 valence electrons. The molecule has 0 fully saturated rings. The third kappa shape index (κ3) is 2.05. The smallest absolute Gasteiger partial charge is 0.212 e. The van der Waals surface area contributed by atoms with E-state index in [1.807, 2.05) is 12.1 Å². The topological polar surface area (TPSA) is 42.0 Å². The monoisotopic (exact) mass is 164 g/mol. The van der Waals surface area contributed by atoms with Gasteiger partial charge in [0.1, 0.15) is 5.82 Å². The van der Waals surface area contributed by atoms with Crippen LogP contribution in [-0.2, 0) is 4.79 Å². The molecule has 0 aliphatic heterocycles. The summed E-state index contributed by atoms with van der Waals surface area (Å²) in [6.07, 6.45) is 2.33. The van der Waals surface area contributed by atoms with Gasteiger partial charge in [-0.15, -0.1) is 0 Å². The minimum absolute atomic E-state index is 0.459. The molecular formula is C9H12N2O. The van der Waals surface area contributed by atoms with Crippen LogP contribution in [0.2, 0.25) is 0 Å². The normalized spacial score (nSPS) is 9.92. The molecule has 12 heavy (non-hydrogen) atoms. The fourth-order valence-electron chi connectivity index (χ4n) is 0.945. The van der Waals surface area contributed by atoms with E-state index in [0.29, 0.717) is 18.1 Å². The first-order valence-corrected chi connectivity index (χ1v) is 3.90. The maximum absolute atomic E-state index is 10.1. The van der Waals surface area contributed by atoms with Gasteiger partial charge < -0.3 is 5.32 Å². The summed E-state index contributed by atoms with van der Waals surface area (Å²) in [6.45, 7) is 4.19. The van der Waals surface area contributed by atoms with Crippen molar-refractivity contribution < 1.29 is 4.79 Å². The Hall–Kier alpha value is -1.38. The van der Waals surface area contributed by atoms with Crippen molar-refractivity contribution in [1.29, 1.82) is 0 Å². The van der Waals surface area contributed by atoms with E-state index in [0.717, 1.165) is 0 Å². The van der Waals surface area contributed by atoms with Crippen LogP contribution in [0.5, 0.6) is 0 Å². The molecule has 1 aromatic rings. The second-order valence-corrected chi connectivity index (χ2v) is 2.89. The summed E-state index contributed by atoms with van der Waals surface area (Å²) in [6, 6.07) is 3.82. The minimum Gasteiger partial charge on any atom is -0.313 e. The van der Waals surface area contributed by atoms with Crippen LogP contribution < -0.4 is 5.32 Å². The lowest BCUT2D eigenvalue weighted by molar-refractivity contribution is -0.105. The number of hydrogen-bond acceptors (Lipinski definition) is 2. The zero-order chi connectivity index (χ0) is 8.97. The van der Waals surface area contributed by atoms with Crippen molar-refractivity contribution in [3.05, 3.63) is 23.9 Å². The van der Waals surface area contributed by atoms with E-state index in [9.17, 15) is 4.79 Å². The minimum atomic E-state index is 0.459. The standard InChI is InChI=1S/C9H12N2O/c1-7(2)8-3-4-10-9(5-8)11-6-12/h3-7H,1-2H3,(H,10,11,12). The molecule has 0 unspecified atom stereocenters. The summed E-state index contributed by atoms with van der Waals surface area (Å²) in [7, 11) is 0. The lowest BCUT2D eigenvalue weighted by atomic mass is 10.1. The van der Waals surface area contributed by atoms with Crippen LogP contribution >= 0.6 is 0 Å². The number of rotatable bonds is 3. The Morgan fingerprint density at radius 1 is 1.58 bits per heavy atom. The molecule has 1 aromatic heterocycles. The van der Waals surface area contributed by atoms with Crippen LogP contribution in [0.15, 0.2) is 18.3 Å². The number of carbonyl (C=O) groups excluding carboxylic acids is 1. The van der Waals surface area contributed by atoms with E-state index in [1.54, 1.807) is 6.20 Å². The molecule has 0 bridgehead atoms. The van der Waals surface area contributed by atoms with Gasteiger partial charge in [-0.25, -0.2) is 4.98 Å². The van der Waals surface area contributed by atoms with Gasteiger partial charge in [0.2, 0.25) is 6.41 Å². The van der Waals surface area contributed by atoms with E-state index >= 15 is 0 Å². The molecule has 0 radical (unpaired) electrons. The number of pyridine rings is 1. The van der Waals surface area contributed by atoms with Crippen molar-refractivity contribution in [1.82, 2.24) is 4.98 Å². The molecule has 0 aliphatic carbocycles. The highest BCUT2D eigenvalue weighted by atomic mass is 16.1. The zero-order valence-electron chi connectivity index (χ0n) is 7.24. The lowest BCUT2D eigenvalue weighted by Crippen LogP contribution is -1.98. The van der Waals surface area contributed by atoms with Crippen molar-refractivity contribution in [2.75, 3.05) is 5.32 Å². The Labute approximate surface area is 71.8 Å². The number of hydrogen-bond donors (Lipinski definition) is 1. The molecule has 3 heteroatoms. The second kappa shape index (κ2) is 3.85. The van der Waals surface area contributed by atoms with Crippen LogP contribution in [0, 0.1) is 0 Å². The summed E-state index contributed by atoms with van der Waals surface area (Å²) < 4.78 is 0. The highest BCUT2D eigenvalue weighted by Crippen LogP contribution is 2.15. The van der Waals surface area contributed by atoms with Gasteiger partial charge in [0.15, 0.2) is 0 Å². The quantitative estimate of drug-likeness (QED) is 0.692. The molecule has 0 aliphatic rings.